The number of ether oxygens (including phenoxy) is 1. The summed E-state index contributed by atoms with van der Waals surface area (Å²) in [5.41, 5.74) is -0.290. The Hall–Kier alpha value is -0.580. The molecule has 1 aromatic rings. The third-order valence-corrected chi connectivity index (χ3v) is 3.55. The Morgan fingerprint density at radius 1 is 1.44 bits per heavy atom. The van der Waals surface area contributed by atoms with Crippen molar-refractivity contribution in [1.29, 1.82) is 0 Å². The van der Waals surface area contributed by atoms with Crippen molar-refractivity contribution in [2.75, 3.05) is 13.2 Å². The molecule has 0 spiro atoms. The van der Waals surface area contributed by atoms with Gasteiger partial charge in [0.2, 0.25) is 5.91 Å². The lowest BCUT2D eigenvalue weighted by molar-refractivity contribution is -0.141. The van der Waals surface area contributed by atoms with Crippen molar-refractivity contribution in [3.05, 3.63) is 21.3 Å². The van der Waals surface area contributed by atoms with Crippen LogP contribution in [0.25, 0.3) is 0 Å². The van der Waals surface area contributed by atoms with Crippen molar-refractivity contribution in [2.24, 2.45) is 0 Å². The molecule has 1 aromatic heterocycles. The van der Waals surface area contributed by atoms with Crippen molar-refractivity contribution in [3.8, 4) is 0 Å². The van der Waals surface area contributed by atoms with Crippen LogP contribution in [0.2, 0.25) is 4.34 Å². The Morgan fingerprint density at radius 2 is 2.11 bits per heavy atom. The molecular formula is C13H20ClNO2S. The van der Waals surface area contributed by atoms with E-state index in [1.165, 1.54) is 11.3 Å². The van der Waals surface area contributed by atoms with E-state index >= 15 is 0 Å². The van der Waals surface area contributed by atoms with Crippen molar-refractivity contribution in [2.45, 2.75) is 39.8 Å². The monoisotopic (exact) mass is 289 g/mol. The van der Waals surface area contributed by atoms with E-state index in [-0.39, 0.29) is 18.1 Å². The smallest absolute Gasteiger partial charge is 0.248 e. The van der Waals surface area contributed by atoms with Crippen LogP contribution in [0.5, 0.6) is 0 Å². The number of nitrogens with zero attached hydrogens (tertiary/aromatic N) is 1. The normalized spacial score (nSPS) is 11.6. The van der Waals surface area contributed by atoms with E-state index in [4.69, 9.17) is 16.3 Å². The van der Waals surface area contributed by atoms with E-state index < -0.39 is 0 Å². The van der Waals surface area contributed by atoms with Gasteiger partial charge in [-0.15, -0.1) is 11.3 Å². The molecule has 0 fully saturated rings. The molecule has 5 heteroatoms. The Morgan fingerprint density at radius 3 is 2.56 bits per heavy atom. The molecule has 1 amide bonds. The SMILES string of the molecule is CCN(Cc1ccc(Cl)s1)C(=O)COC(C)(C)C. The van der Waals surface area contributed by atoms with Crippen LogP contribution in [-0.4, -0.2) is 29.6 Å². The lowest BCUT2D eigenvalue weighted by Gasteiger charge is -2.24. The molecular weight excluding hydrogens is 270 g/mol. The maximum atomic E-state index is 12.0. The maximum Gasteiger partial charge on any atom is 0.248 e. The highest BCUT2D eigenvalue weighted by Crippen LogP contribution is 2.22. The van der Waals surface area contributed by atoms with E-state index in [0.29, 0.717) is 13.1 Å². The third-order valence-electron chi connectivity index (χ3n) is 2.34. The standard InChI is InChI=1S/C13H20ClNO2S/c1-5-15(8-10-6-7-11(14)18-10)12(16)9-17-13(2,3)4/h6-7H,5,8-9H2,1-4H3. The second kappa shape index (κ2) is 6.55. The number of carbonyl (C=O) groups excluding carboxylic acids is 1. The van der Waals surface area contributed by atoms with Gasteiger partial charge in [-0.2, -0.15) is 0 Å². The first-order valence-electron chi connectivity index (χ1n) is 5.98. The van der Waals surface area contributed by atoms with Gasteiger partial charge in [0.1, 0.15) is 6.61 Å². The number of amides is 1. The molecule has 3 nitrogen and oxygen atoms in total. The molecule has 0 radical (unpaired) electrons. The topological polar surface area (TPSA) is 29.5 Å². The Labute approximate surface area is 118 Å². The van der Waals surface area contributed by atoms with E-state index in [1.807, 2.05) is 39.8 Å². The quantitative estimate of drug-likeness (QED) is 0.829. The zero-order valence-electron chi connectivity index (χ0n) is 11.3. The van der Waals surface area contributed by atoms with E-state index in [9.17, 15) is 4.79 Å². The van der Waals surface area contributed by atoms with E-state index in [1.54, 1.807) is 4.90 Å². The molecule has 0 saturated carbocycles. The summed E-state index contributed by atoms with van der Waals surface area (Å²) in [6.45, 7) is 9.17. The van der Waals surface area contributed by atoms with Gasteiger partial charge in [0.05, 0.1) is 16.5 Å². The predicted octanol–water partition coefficient (Wildman–Crippen LogP) is 3.57. The number of likely N-dealkylation sites (N-methyl/N-ethyl adjacent to an activating group) is 1. The summed E-state index contributed by atoms with van der Waals surface area (Å²) < 4.78 is 6.25. The lowest BCUT2D eigenvalue weighted by Crippen LogP contribution is -2.35. The van der Waals surface area contributed by atoms with Crippen molar-refractivity contribution >= 4 is 28.8 Å². The summed E-state index contributed by atoms with van der Waals surface area (Å²) >= 11 is 7.38. The molecule has 0 aliphatic rings. The van der Waals surface area contributed by atoms with Crippen LogP contribution in [0, 0.1) is 0 Å². The molecule has 0 aliphatic heterocycles. The van der Waals surface area contributed by atoms with Gasteiger partial charge in [-0.25, -0.2) is 0 Å². The van der Waals surface area contributed by atoms with E-state index in [2.05, 4.69) is 0 Å². The second-order valence-corrected chi connectivity index (χ2v) is 6.81. The second-order valence-electron chi connectivity index (χ2n) is 5.01. The molecule has 18 heavy (non-hydrogen) atoms. The number of hydrogen-bond donors (Lipinski definition) is 0. The molecule has 0 unspecified atom stereocenters. The molecule has 0 bridgehead atoms. The molecule has 1 rings (SSSR count). The Balaban J connectivity index is 2.52. The number of halogens is 1. The van der Waals surface area contributed by atoms with Crippen molar-refractivity contribution in [1.82, 2.24) is 4.90 Å². The van der Waals surface area contributed by atoms with Crippen LogP contribution in [-0.2, 0) is 16.1 Å². The zero-order chi connectivity index (χ0) is 13.8. The van der Waals surface area contributed by atoms with Gasteiger partial charge in [0.15, 0.2) is 0 Å². The van der Waals surface area contributed by atoms with Gasteiger partial charge < -0.3 is 9.64 Å². The van der Waals surface area contributed by atoms with Crippen LogP contribution in [0.4, 0.5) is 0 Å². The molecule has 102 valence electrons. The third kappa shape index (κ3) is 5.38. The Bertz CT molecular complexity index is 398. The zero-order valence-corrected chi connectivity index (χ0v) is 12.9. The van der Waals surface area contributed by atoms with Crippen LogP contribution in [0.3, 0.4) is 0 Å². The fourth-order valence-corrected chi connectivity index (χ4v) is 2.47. The summed E-state index contributed by atoms with van der Waals surface area (Å²) in [5.74, 6) is 0.0111. The van der Waals surface area contributed by atoms with Gasteiger partial charge in [0, 0.05) is 11.4 Å². The van der Waals surface area contributed by atoms with Gasteiger partial charge in [-0.3, -0.25) is 4.79 Å². The first kappa shape index (κ1) is 15.5. The van der Waals surface area contributed by atoms with E-state index in [0.717, 1.165) is 9.21 Å². The van der Waals surface area contributed by atoms with Gasteiger partial charge in [-0.1, -0.05) is 11.6 Å². The highest BCUT2D eigenvalue weighted by Gasteiger charge is 2.17. The largest absolute Gasteiger partial charge is 0.366 e. The molecule has 0 aliphatic carbocycles. The Kier molecular flexibility index (Phi) is 5.63. The van der Waals surface area contributed by atoms with Crippen molar-refractivity contribution < 1.29 is 9.53 Å². The van der Waals surface area contributed by atoms with Gasteiger partial charge in [0.25, 0.3) is 0 Å². The molecule has 1 heterocycles. The number of hydrogen-bond acceptors (Lipinski definition) is 3. The lowest BCUT2D eigenvalue weighted by atomic mass is 10.2. The molecule has 0 atom stereocenters. The van der Waals surface area contributed by atoms with Crippen LogP contribution < -0.4 is 0 Å². The number of carbonyl (C=O) groups is 1. The van der Waals surface area contributed by atoms with Crippen molar-refractivity contribution in [3.63, 3.8) is 0 Å². The predicted molar refractivity (Wildman–Crippen MR) is 76.1 cm³/mol. The summed E-state index contributed by atoms with van der Waals surface area (Å²) in [5, 5.41) is 0. The van der Waals surface area contributed by atoms with Gasteiger partial charge in [-0.05, 0) is 39.8 Å². The summed E-state index contributed by atoms with van der Waals surface area (Å²) in [7, 11) is 0. The average Bonchev–Trinajstić information content (AvgIpc) is 2.67. The molecule has 0 N–H and O–H groups in total. The summed E-state index contributed by atoms with van der Waals surface area (Å²) in [6, 6.07) is 3.80. The average molecular weight is 290 g/mol. The minimum Gasteiger partial charge on any atom is -0.366 e. The molecule has 0 aromatic carbocycles. The fraction of sp³-hybridized carbons (Fsp3) is 0.615. The first-order valence-corrected chi connectivity index (χ1v) is 7.17. The first-order chi connectivity index (χ1) is 8.31. The summed E-state index contributed by atoms with van der Waals surface area (Å²) in [4.78, 5) is 14.9. The highest BCUT2D eigenvalue weighted by atomic mass is 35.5. The minimum absolute atomic E-state index is 0.0111. The highest BCUT2D eigenvalue weighted by molar-refractivity contribution is 7.16. The summed E-state index contributed by atoms with van der Waals surface area (Å²) in [6.07, 6.45) is 0. The maximum absolute atomic E-state index is 12.0. The van der Waals surface area contributed by atoms with Gasteiger partial charge >= 0.3 is 0 Å². The van der Waals surface area contributed by atoms with Crippen LogP contribution in [0.15, 0.2) is 12.1 Å². The minimum atomic E-state index is -0.290. The van der Waals surface area contributed by atoms with Crippen LogP contribution >= 0.6 is 22.9 Å². The number of rotatable bonds is 5. The fourth-order valence-electron chi connectivity index (χ4n) is 1.37. The molecule has 0 saturated heterocycles. The van der Waals surface area contributed by atoms with Crippen LogP contribution in [0.1, 0.15) is 32.6 Å². The number of thiophene rings is 1.